The van der Waals surface area contributed by atoms with Gasteiger partial charge in [0.1, 0.15) is 18.6 Å². The smallest absolute Gasteiger partial charge is 0.141 e. The summed E-state index contributed by atoms with van der Waals surface area (Å²) < 4.78 is 24.5. The highest BCUT2D eigenvalue weighted by Gasteiger charge is 2.01. The fourth-order valence-corrected chi connectivity index (χ4v) is 0.732. The van der Waals surface area contributed by atoms with Crippen molar-refractivity contribution in [3.05, 3.63) is 35.1 Å². The van der Waals surface area contributed by atoms with Crippen LogP contribution in [0.2, 0.25) is 0 Å². The van der Waals surface area contributed by atoms with E-state index < -0.39 is 12.5 Å². The molecule has 0 aliphatic carbocycles. The summed E-state index contributed by atoms with van der Waals surface area (Å²) in [7, 11) is 0. The lowest BCUT2D eigenvalue weighted by molar-refractivity contribution is 0.482. The Morgan fingerprint density at radius 1 is 1.45 bits per heavy atom. The summed E-state index contributed by atoms with van der Waals surface area (Å²) in [4.78, 5) is 0. The molecule has 11 heavy (non-hydrogen) atoms. The van der Waals surface area contributed by atoms with Gasteiger partial charge in [0.25, 0.3) is 0 Å². The quantitative estimate of drug-likeness (QED) is 0.606. The van der Waals surface area contributed by atoms with Crippen LogP contribution >= 0.6 is 0 Å². The normalized spacial score (nSPS) is 9.18. The van der Waals surface area contributed by atoms with E-state index in [0.29, 0.717) is 0 Å². The van der Waals surface area contributed by atoms with Gasteiger partial charge in [-0.1, -0.05) is 6.07 Å². The second kappa shape index (κ2) is 3.11. The number of nitriles is 1. The van der Waals surface area contributed by atoms with E-state index in [2.05, 4.69) is 0 Å². The summed E-state index contributed by atoms with van der Waals surface area (Å²) in [6.07, 6.45) is 0. The van der Waals surface area contributed by atoms with Gasteiger partial charge in [-0.25, -0.2) is 8.78 Å². The van der Waals surface area contributed by atoms with Gasteiger partial charge in [0.15, 0.2) is 0 Å². The number of hydrogen-bond acceptors (Lipinski definition) is 1. The van der Waals surface area contributed by atoms with Crippen LogP contribution in [0.3, 0.4) is 0 Å². The molecule has 0 radical (unpaired) electrons. The highest BCUT2D eigenvalue weighted by Crippen LogP contribution is 2.09. The molecule has 1 nitrogen and oxygen atoms in total. The van der Waals surface area contributed by atoms with E-state index in [1.807, 2.05) is 0 Å². The maximum atomic E-state index is 12.6. The molecule has 0 aliphatic heterocycles. The maximum absolute atomic E-state index is 12.6. The van der Waals surface area contributed by atoms with Gasteiger partial charge in [-0.3, -0.25) is 0 Å². The first kappa shape index (κ1) is 7.67. The van der Waals surface area contributed by atoms with Crippen LogP contribution in [-0.2, 0) is 6.67 Å². The minimum absolute atomic E-state index is 0.0535. The summed E-state index contributed by atoms with van der Waals surface area (Å²) in [5, 5.41) is 8.30. The monoisotopic (exact) mass is 153 g/mol. The van der Waals surface area contributed by atoms with Gasteiger partial charge in [0, 0.05) is 0 Å². The van der Waals surface area contributed by atoms with E-state index in [0.717, 1.165) is 6.07 Å². The lowest BCUT2D eigenvalue weighted by Gasteiger charge is -1.94. The Morgan fingerprint density at radius 2 is 2.18 bits per heavy atom. The van der Waals surface area contributed by atoms with Crippen molar-refractivity contribution < 1.29 is 8.78 Å². The highest BCUT2D eigenvalue weighted by molar-refractivity contribution is 5.33. The van der Waals surface area contributed by atoms with Crippen molar-refractivity contribution in [3.8, 4) is 6.07 Å². The SMILES string of the molecule is N#Cc1ccc(CF)cc1F. The van der Waals surface area contributed by atoms with Crippen LogP contribution < -0.4 is 0 Å². The molecule has 0 N–H and O–H groups in total. The topological polar surface area (TPSA) is 23.8 Å². The summed E-state index contributed by atoms with van der Waals surface area (Å²) in [6.45, 7) is -0.706. The molecule has 0 fully saturated rings. The molecule has 3 heteroatoms. The van der Waals surface area contributed by atoms with Gasteiger partial charge in [0.2, 0.25) is 0 Å². The molecule has 0 amide bonds. The molecule has 0 aliphatic rings. The average molecular weight is 153 g/mol. The van der Waals surface area contributed by atoms with E-state index in [4.69, 9.17) is 5.26 Å². The first-order valence-electron chi connectivity index (χ1n) is 3.02. The molecular formula is C8H5F2N. The third-order valence-corrected chi connectivity index (χ3v) is 1.31. The number of halogens is 2. The summed E-state index contributed by atoms with van der Waals surface area (Å²) in [5.74, 6) is -0.664. The van der Waals surface area contributed by atoms with Crippen molar-refractivity contribution in [1.29, 1.82) is 5.26 Å². The molecule has 0 unspecified atom stereocenters. The fraction of sp³-hybridized carbons (Fsp3) is 0.125. The van der Waals surface area contributed by atoms with Crippen LogP contribution in [0.4, 0.5) is 8.78 Å². The molecule has 1 aromatic carbocycles. The molecule has 0 atom stereocenters. The third-order valence-electron chi connectivity index (χ3n) is 1.31. The van der Waals surface area contributed by atoms with Crippen LogP contribution in [0.15, 0.2) is 18.2 Å². The highest BCUT2D eigenvalue weighted by atomic mass is 19.1. The Bertz CT molecular complexity index is 301. The Labute approximate surface area is 62.9 Å². The molecular weight excluding hydrogens is 148 g/mol. The second-order valence-electron chi connectivity index (χ2n) is 2.06. The summed E-state index contributed by atoms with van der Waals surface area (Å²) >= 11 is 0. The molecule has 0 heterocycles. The zero-order chi connectivity index (χ0) is 8.27. The molecule has 0 saturated carbocycles. The zero-order valence-corrected chi connectivity index (χ0v) is 5.64. The van der Waals surface area contributed by atoms with Crippen molar-refractivity contribution in [2.45, 2.75) is 6.67 Å². The predicted molar refractivity (Wildman–Crippen MR) is 35.9 cm³/mol. The van der Waals surface area contributed by atoms with E-state index in [9.17, 15) is 8.78 Å². The molecule has 0 bridgehead atoms. The first-order chi connectivity index (χ1) is 5.27. The van der Waals surface area contributed by atoms with Crippen LogP contribution in [0, 0.1) is 17.1 Å². The number of nitrogens with zero attached hydrogens (tertiary/aromatic N) is 1. The number of alkyl halides is 1. The van der Waals surface area contributed by atoms with E-state index >= 15 is 0 Å². The Morgan fingerprint density at radius 3 is 2.64 bits per heavy atom. The molecule has 1 rings (SSSR count). The molecule has 0 saturated heterocycles. The first-order valence-corrected chi connectivity index (χ1v) is 3.02. The van der Waals surface area contributed by atoms with Crippen molar-refractivity contribution >= 4 is 0 Å². The summed E-state index contributed by atoms with van der Waals surface area (Å²) in [5.41, 5.74) is 0.198. The minimum atomic E-state index is -0.706. The molecule has 56 valence electrons. The zero-order valence-electron chi connectivity index (χ0n) is 5.64. The van der Waals surface area contributed by atoms with Crippen LogP contribution in [0.1, 0.15) is 11.1 Å². The number of benzene rings is 1. The maximum Gasteiger partial charge on any atom is 0.141 e. The van der Waals surface area contributed by atoms with E-state index in [1.165, 1.54) is 12.1 Å². The standard InChI is InChI=1S/C8H5F2N/c9-4-6-1-2-7(5-11)8(10)3-6/h1-3H,4H2. The van der Waals surface area contributed by atoms with Gasteiger partial charge in [-0.15, -0.1) is 0 Å². The van der Waals surface area contributed by atoms with Crippen molar-refractivity contribution in [1.82, 2.24) is 0 Å². The van der Waals surface area contributed by atoms with Gasteiger partial charge >= 0.3 is 0 Å². The fourth-order valence-electron chi connectivity index (χ4n) is 0.732. The number of rotatable bonds is 1. The summed E-state index contributed by atoms with van der Waals surface area (Å²) in [6, 6.07) is 5.33. The van der Waals surface area contributed by atoms with Crippen LogP contribution in [0.25, 0.3) is 0 Å². The minimum Gasteiger partial charge on any atom is -0.246 e. The molecule has 0 spiro atoms. The lowest BCUT2D eigenvalue weighted by atomic mass is 10.1. The molecule has 0 aromatic heterocycles. The van der Waals surface area contributed by atoms with Gasteiger partial charge < -0.3 is 0 Å². The van der Waals surface area contributed by atoms with Crippen molar-refractivity contribution in [2.75, 3.05) is 0 Å². The van der Waals surface area contributed by atoms with Gasteiger partial charge in [-0.2, -0.15) is 5.26 Å². The van der Waals surface area contributed by atoms with Crippen LogP contribution in [0.5, 0.6) is 0 Å². The Hall–Kier alpha value is -1.43. The van der Waals surface area contributed by atoms with E-state index in [-0.39, 0.29) is 11.1 Å². The van der Waals surface area contributed by atoms with Crippen molar-refractivity contribution in [3.63, 3.8) is 0 Å². The van der Waals surface area contributed by atoms with Crippen LogP contribution in [-0.4, -0.2) is 0 Å². The molecule has 1 aromatic rings. The van der Waals surface area contributed by atoms with Gasteiger partial charge in [-0.05, 0) is 17.7 Å². The Balaban J connectivity index is 3.12. The predicted octanol–water partition coefficient (Wildman–Crippen LogP) is 2.17. The largest absolute Gasteiger partial charge is 0.246 e. The third kappa shape index (κ3) is 1.53. The van der Waals surface area contributed by atoms with E-state index in [1.54, 1.807) is 6.07 Å². The van der Waals surface area contributed by atoms with Crippen molar-refractivity contribution in [2.24, 2.45) is 0 Å². The number of hydrogen-bond donors (Lipinski definition) is 0. The van der Waals surface area contributed by atoms with Gasteiger partial charge in [0.05, 0.1) is 5.56 Å². The Kier molecular flexibility index (Phi) is 2.17. The average Bonchev–Trinajstić information content (AvgIpc) is 2.04. The second-order valence-corrected chi connectivity index (χ2v) is 2.06. The lowest BCUT2D eigenvalue weighted by Crippen LogP contribution is -1.86.